The number of carbonyl (C=O) groups is 1. The minimum Gasteiger partial charge on any atom is -0.422 e. The summed E-state index contributed by atoms with van der Waals surface area (Å²) in [7, 11) is 0. The smallest absolute Gasteiger partial charge is 0.345 e. The van der Waals surface area contributed by atoms with E-state index in [0.717, 1.165) is 20.7 Å². The molecule has 5 heteroatoms. The fourth-order valence-corrected chi connectivity index (χ4v) is 3.40. The van der Waals surface area contributed by atoms with Gasteiger partial charge in [-0.1, -0.05) is 18.2 Å². The highest BCUT2D eigenvalue weighted by molar-refractivity contribution is 7.15. The van der Waals surface area contributed by atoms with Crippen LogP contribution in [0, 0.1) is 6.92 Å². The molecule has 0 aliphatic carbocycles. The Labute approximate surface area is 129 Å². The van der Waals surface area contributed by atoms with Gasteiger partial charge in [-0.15, -0.1) is 11.3 Å². The molecule has 0 saturated carbocycles. The summed E-state index contributed by atoms with van der Waals surface area (Å²) in [5.41, 5.74) is 1.55. The first-order valence-electron chi connectivity index (χ1n) is 6.35. The zero-order valence-corrected chi connectivity index (χ0v) is 12.8. The number of aryl methyl sites for hydroxylation is 1. The van der Waals surface area contributed by atoms with E-state index in [2.05, 4.69) is 0 Å². The summed E-state index contributed by atoms with van der Waals surface area (Å²) >= 11 is 6.90. The lowest BCUT2D eigenvalue weighted by Crippen LogP contribution is -2.01. The standard InChI is InChI=1S/C16H11ClO3S/c1-9-11(8-15(17)18)7-14(21-9)12-6-10-4-2-3-5-13(10)20-16(12)19/h2-7H,8H2,1H3. The summed E-state index contributed by atoms with van der Waals surface area (Å²) in [5.74, 6) is 0. The van der Waals surface area contributed by atoms with Gasteiger partial charge < -0.3 is 4.42 Å². The molecule has 1 aromatic carbocycles. The van der Waals surface area contributed by atoms with Crippen LogP contribution in [0.25, 0.3) is 21.4 Å². The molecule has 2 aromatic heterocycles. The van der Waals surface area contributed by atoms with E-state index in [1.165, 1.54) is 11.3 Å². The SMILES string of the molecule is Cc1sc(-c2cc3ccccc3oc2=O)cc1CC(=O)Cl. The molecular formula is C16H11ClO3S. The first-order valence-corrected chi connectivity index (χ1v) is 7.55. The van der Waals surface area contributed by atoms with Crippen LogP contribution in [0.2, 0.25) is 0 Å². The molecule has 0 aliphatic rings. The third-order valence-corrected chi connectivity index (χ3v) is 4.52. The number of thiophene rings is 1. The van der Waals surface area contributed by atoms with Crippen LogP contribution in [0.3, 0.4) is 0 Å². The summed E-state index contributed by atoms with van der Waals surface area (Å²) in [5, 5.41) is 0.459. The molecule has 0 radical (unpaired) electrons. The Hall–Kier alpha value is -1.91. The Bertz CT molecular complexity index is 892. The molecule has 106 valence electrons. The van der Waals surface area contributed by atoms with E-state index in [1.807, 2.05) is 37.3 Å². The number of para-hydroxylation sites is 1. The van der Waals surface area contributed by atoms with Crippen molar-refractivity contribution < 1.29 is 9.21 Å². The molecular weight excluding hydrogens is 308 g/mol. The van der Waals surface area contributed by atoms with Crippen LogP contribution in [0.15, 0.2) is 45.6 Å². The van der Waals surface area contributed by atoms with Gasteiger partial charge in [-0.05, 0) is 42.3 Å². The van der Waals surface area contributed by atoms with E-state index in [-0.39, 0.29) is 12.0 Å². The van der Waals surface area contributed by atoms with Gasteiger partial charge in [0, 0.05) is 21.6 Å². The minimum absolute atomic E-state index is 0.169. The van der Waals surface area contributed by atoms with E-state index in [9.17, 15) is 9.59 Å². The second kappa shape index (κ2) is 5.47. The van der Waals surface area contributed by atoms with Crippen molar-refractivity contribution in [3.05, 3.63) is 57.3 Å². The zero-order valence-electron chi connectivity index (χ0n) is 11.2. The maximum atomic E-state index is 12.1. The fourth-order valence-electron chi connectivity index (χ4n) is 2.21. The van der Waals surface area contributed by atoms with Gasteiger partial charge >= 0.3 is 5.63 Å². The van der Waals surface area contributed by atoms with Gasteiger partial charge in [0.05, 0.1) is 5.56 Å². The van der Waals surface area contributed by atoms with Crippen molar-refractivity contribution in [2.75, 3.05) is 0 Å². The van der Waals surface area contributed by atoms with E-state index in [4.69, 9.17) is 16.0 Å². The molecule has 0 spiro atoms. The van der Waals surface area contributed by atoms with Crippen LogP contribution in [0.5, 0.6) is 0 Å². The molecule has 0 N–H and O–H groups in total. The lowest BCUT2D eigenvalue weighted by molar-refractivity contribution is -0.111. The second-order valence-electron chi connectivity index (χ2n) is 4.71. The summed E-state index contributed by atoms with van der Waals surface area (Å²) in [4.78, 5) is 24.9. The third-order valence-electron chi connectivity index (χ3n) is 3.26. The van der Waals surface area contributed by atoms with Crippen LogP contribution in [0.4, 0.5) is 0 Å². The molecule has 0 unspecified atom stereocenters. The first kappa shape index (κ1) is 14.0. The maximum Gasteiger partial charge on any atom is 0.345 e. The highest BCUT2D eigenvalue weighted by atomic mass is 35.5. The number of halogens is 1. The zero-order chi connectivity index (χ0) is 15.0. The maximum absolute atomic E-state index is 12.1. The predicted molar refractivity (Wildman–Crippen MR) is 85.1 cm³/mol. The minimum atomic E-state index is -0.409. The molecule has 0 amide bonds. The van der Waals surface area contributed by atoms with Crippen molar-refractivity contribution in [3.8, 4) is 10.4 Å². The Morgan fingerprint density at radius 3 is 2.81 bits per heavy atom. The number of benzene rings is 1. The van der Waals surface area contributed by atoms with E-state index < -0.39 is 5.24 Å². The van der Waals surface area contributed by atoms with Crippen LogP contribution in [-0.4, -0.2) is 5.24 Å². The normalized spacial score (nSPS) is 11.0. The monoisotopic (exact) mass is 318 g/mol. The van der Waals surface area contributed by atoms with E-state index in [0.29, 0.717) is 11.1 Å². The van der Waals surface area contributed by atoms with Crippen molar-refractivity contribution in [1.82, 2.24) is 0 Å². The van der Waals surface area contributed by atoms with Crippen molar-refractivity contribution in [3.63, 3.8) is 0 Å². The molecule has 2 heterocycles. The molecule has 0 saturated heterocycles. The van der Waals surface area contributed by atoms with Crippen molar-refractivity contribution in [2.24, 2.45) is 0 Å². The van der Waals surface area contributed by atoms with Crippen LogP contribution >= 0.6 is 22.9 Å². The number of fused-ring (bicyclic) bond motifs is 1. The Morgan fingerprint density at radius 1 is 1.29 bits per heavy atom. The molecule has 3 nitrogen and oxygen atoms in total. The third kappa shape index (κ3) is 2.77. The van der Waals surface area contributed by atoms with Crippen molar-refractivity contribution >= 4 is 39.1 Å². The van der Waals surface area contributed by atoms with Crippen LogP contribution in [0.1, 0.15) is 10.4 Å². The van der Waals surface area contributed by atoms with Crippen LogP contribution in [-0.2, 0) is 11.2 Å². The van der Waals surface area contributed by atoms with Gasteiger partial charge in [0.25, 0.3) is 0 Å². The second-order valence-corrected chi connectivity index (χ2v) is 6.39. The van der Waals surface area contributed by atoms with Gasteiger partial charge in [-0.2, -0.15) is 0 Å². The lowest BCUT2D eigenvalue weighted by atomic mass is 10.1. The van der Waals surface area contributed by atoms with Gasteiger partial charge in [-0.25, -0.2) is 4.79 Å². The van der Waals surface area contributed by atoms with Crippen molar-refractivity contribution in [1.29, 1.82) is 0 Å². The average molecular weight is 319 g/mol. The highest BCUT2D eigenvalue weighted by Crippen LogP contribution is 2.31. The van der Waals surface area contributed by atoms with E-state index >= 15 is 0 Å². The Balaban J connectivity index is 2.14. The van der Waals surface area contributed by atoms with Gasteiger partial charge in [0.15, 0.2) is 0 Å². The van der Waals surface area contributed by atoms with Gasteiger partial charge in [0.1, 0.15) is 5.58 Å². The molecule has 0 fully saturated rings. The molecule has 21 heavy (non-hydrogen) atoms. The number of hydrogen-bond donors (Lipinski definition) is 0. The Kier molecular flexibility index (Phi) is 3.66. The van der Waals surface area contributed by atoms with Crippen LogP contribution < -0.4 is 5.63 Å². The van der Waals surface area contributed by atoms with E-state index in [1.54, 1.807) is 6.07 Å². The quantitative estimate of drug-likeness (QED) is 0.538. The molecule has 3 rings (SSSR count). The van der Waals surface area contributed by atoms with Gasteiger partial charge in [0.2, 0.25) is 5.24 Å². The lowest BCUT2D eigenvalue weighted by Gasteiger charge is -1.99. The largest absolute Gasteiger partial charge is 0.422 e. The summed E-state index contributed by atoms with van der Waals surface area (Å²) in [6.07, 6.45) is 0.169. The topological polar surface area (TPSA) is 47.3 Å². The number of carbonyl (C=O) groups excluding carboxylic acids is 1. The van der Waals surface area contributed by atoms with Gasteiger partial charge in [-0.3, -0.25) is 4.79 Å². The summed E-state index contributed by atoms with van der Waals surface area (Å²) in [6.45, 7) is 1.91. The summed E-state index contributed by atoms with van der Waals surface area (Å²) < 4.78 is 5.34. The fraction of sp³-hybridized carbons (Fsp3) is 0.125. The number of hydrogen-bond acceptors (Lipinski definition) is 4. The molecule has 0 aliphatic heterocycles. The number of rotatable bonds is 3. The first-order chi connectivity index (χ1) is 10.0. The predicted octanol–water partition coefficient (Wildman–Crippen LogP) is 4.14. The molecule has 0 atom stereocenters. The molecule has 3 aromatic rings. The highest BCUT2D eigenvalue weighted by Gasteiger charge is 2.14. The van der Waals surface area contributed by atoms with Crippen molar-refractivity contribution in [2.45, 2.75) is 13.3 Å². The molecule has 0 bridgehead atoms. The average Bonchev–Trinajstić information content (AvgIpc) is 2.78. The Morgan fingerprint density at radius 2 is 2.05 bits per heavy atom. The summed E-state index contributed by atoms with van der Waals surface area (Å²) in [6, 6.07) is 11.0.